The van der Waals surface area contributed by atoms with E-state index in [9.17, 15) is 4.79 Å². The zero-order valence-corrected chi connectivity index (χ0v) is 11.5. The van der Waals surface area contributed by atoms with Gasteiger partial charge in [-0.15, -0.1) is 0 Å². The van der Waals surface area contributed by atoms with E-state index in [0.717, 1.165) is 12.0 Å². The summed E-state index contributed by atoms with van der Waals surface area (Å²) in [4.78, 5) is 12.2. The van der Waals surface area contributed by atoms with Crippen molar-refractivity contribution in [1.82, 2.24) is 5.32 Å². The van der Waals surface area contributed by atoms with E-state index in [0.29, 0.717) is 18.6 Å². The molecular weight excluding hydrogens is 236 g/mol. The van der Waals surface area contributed by atoms with Crippen molar-refractivity contribution < 1.29 is 4.79 Å². The molecule has 1 aromatic carbocycles. The maximum atomic E-state index is 12.2. The Balaban J connectivity index is 1.62. The van der Waals surface area contributed by atoms with Gasteiger partial charge in [0, 0.05) is 23.3 Å². The molecule has 0 aromatic heterocycles. The fourth-order valence-electron chi connectivity index (χ4n) is 3.19. The second-order valence-electron chi connectivity index (χ2n) is 5.91. The summed E-state index contributed by atoms with van der Waals surface area (Å²) in [5.41, 5.74) is 3.31. The number of carbonyl (C=O) groups is 1. The van der Waals surface area contributed by atoms with Crippen LogP contribution in [0.4, 0.5) is 5.69 Å². The van der Waals surface area contributed by atoms with Gasteiger partial charge in [-0.1, -0.05) is 12.8 Å². The molecule has 1 atom stereocenters. The molecule has 1 unspecified atom stereocenters. The molecule has 0 radical (unpaired) electrons. The van der Waals surface area contributed by atoms with Crippen LogP contribution in [0.2, 0.25) is 0 Å². The Labute approximate surface area is 114 Å². The van der Waals surface area contributed by atoms with Crippen LogP contribution in [0.25, 0.3) is 0 Å². The minimum absolute atomic E-state index is 0.217. The molecule has 3 nitrogen and oxygen atoms in total. The SMILES string of the molecule is CC1Cc2cc(C(=O)CNC3CCCC3)ccc2N1. The second kappa shape index (κ2) is 5.33. The summed E-state index contributed by atoms with van der Waals surface area (Å²) in [5.74, 6) is 0.217. The lowest BCUT2D eigenvalue weighted by molar-refractivity contribution is 0.0987. The first kappa shape index (κ1) is 12.7. The van der Waals surface area contributed by atoms with E-state index in [1.807, 2.05) is 12.1 Å². The Hall–Kier alpha value is -1.35. The molecule has 0 saturated heterocycles. The Morgan fingerprint density at radius 2 is 2.16 bits per heavy atom. The van der Waals surface area contributed by atoms with E-state index >= 15 is 0 Å². The quantitative estimate of drug-likeness (QED) is 0.816. The summed E-state index contributed by atoms with van der Waals surface area (Å²) in [7, 11) is 0. The maximum absolute atomic E-state index is 12.2. The van der Waals surface area contributed by atoms with Gasteiger partial charge in [-0.3, -0.25) is 4.79 Å². The lowest BCUT2D eigenvalue weighted by Crippen LogP contribution is -2.31. The first-order chi connectivity index (χ1) is 9.22. The summed E-state index contributed by atoms with van der Waals surface area (Å²) in [6.45, 7) is 2.65. The minimum atomic E-state index is 0.217. The molecule has 2 N–H and O–H groups in total. The molecule has 0 spiro atoms. The van der Waals surface area contributed by atoms with Gasteiger partial charge in [0.2, 0.25) is 0 Å². The molecule has 1 aliphatic carbocycles. The van der Waals surface area contributed by atoms with Gasteiger partial charge >= 0.3 is 0 Å². The Morgan fingerprint density at radius 3 is 2.95 bits per heavy atom. The molecule has 0 bridgehead atoms. The van der Waals surface area contributed by atoms with Crippen molar-refractivity contribution in [3.8, 4) is 0 Å². The van der Waals surface area contributed by atoms with Gasteiger partial charge in [0.15, 0.2) is 5.78 Å². The van der Waals surface area contributed by atoms with Crippen molar-refractivity contribution >= 4 is 11.5 Å². The molecule has 0 amide bonds. The number of rotatable bonds is 4. The molecule has 19 heavy (non-hydrogen) atoms. The molecule has 1 aliphatic heterocycles. The number of benzene rings is 1. The third-order valence-corrected chi connectivity index (χ3v) is 4.26. The van der Waals surface area contributed by atoms with Crippen molar-refractivity contribution in [1.29, 1.82) is 0 Å². The van der Waals surface area contributed by atoms with E-state index < -0.39 is 0 Å². The van der Waals surface area contributed by atoms with Gasteiger partial charge in [-0.2, -0.15) is 0 Å². The van der Waals surface area contributed by atoms with Gasteiger partial charge in [-0.05, 0) is 49.9 Å². The predicted octanol–water partition coefficient (Wildman–Crippen LogP) is 2.76. The van der Waals surface area contributed by atoms with E-state index in [1.54, 1.807) is 0 Å². The molecule has 1 aromatic rings. The van der Waals surface area contributed by atoms with Crippen molar-refractivity contribution in [2.75, 3.05) is 11.9 Å². The first-order valence-corrected chi connectivity index (χ1v) is 7.38. The van der Waals surface area contributed by atoms with Gasteiger partial charge in [0.05, 0.1) is 6.54 Å². The average Bonchev–Trinajstić information content (AvgIpc) is 3.02. The van der Waals surface area contributed by atoms with E-state index in [4.69, 9.17) is 0 Å². The highest BCUT2D eigenvalue weighted by Crippen LogP contribution is 2.26. The molecule has 1 fully saturated rings. The van der Waals surface area contributed by atoms with Crippen molar-refractivity contribution in [3.63, 3.8) is 0 Å². The van der Waals surface area contributed by atoms with Crippen LogP contribution < -0.4 is 10.6 Å². The van der Waals surface area contributed by atoms with E-state index in [1.165, 1.54) is 36.9 Å². The lowest BCUT2D eigenvalue weighted by atomic mass is 10.0. The van der Waals surface area contributed by atoms with Gasteiger partial charge in [0.25, 0.3) is 0 Å². The fraction of sp³-hybridized carbons (Fsp3) is 0.562. The molecule has 1 heterocycles. The highest BCUT2D eigenvalue weighted by atomic mass is 16.1. The number of Topliss-reactive ketones (excluding diaryl/α,β-unsaturated/α-hetero) is 1. The number of hydrogen-bond acceptors (Lipinski definition) is 3. The van der Waals surface area contributed by atoms with Crippen LogP contribution in [0, 0.1) is 0 Å². The summed E-state index contributed by atoms with van der Waals surface area (Å²) >= 11 is 0. The number of ketones is 1. The molecule has 2 aliphatic rings. The Bertz CT molecular complexity index is 478. The standard InChI is InChI=1S/C16H22N2O/c1-11-8-13-9-12(6-7-15(13)18-11)16(19)10-17-14-4-2-3-5-14/h6-7,9,11,14,17-18H,2-5,8,10H2,1H3. The lowest BCUT2D eigenvalue weighted by Gasteiger charge is -2.11. The van der Waals surface area contributed by atoms with Crippen LogP contribution in [-0.4, -0.2) is 24.4 Å². The van der Waals surface area contributed by atoms with Crippen molar-refractivity contribution in [2.24, 2.45) is 0 Å². The van der Waals surface area contributed by atoms with E-state index in [2.05, 4.69) is 23.6 Å². The number of hydrogen-bond donors (Lipinski definition) is 2. The van der Waals surface area contributed by atoms with Crippen LogP contribution in [-0.2, 0) is 6.42 Å². The highest BCUT2D eigenvalue weighted by Gasteiger charge is 2.19. The van der Waals surface area contributed by atoms with Gasteiger partial charge < -0.3 is 10.6 Å². The summed E-state index contributed by atoms with van der Waals surface area (Å²) in [5, 5.41) is 6.80. The van der Waals surface area contributed by atoms with Crippen LogP contribution in [0.5, 0.6) is 0 Å². The van der Waals surface area contributed by atoms with E-state index in [-0.39, 0.29) is 5.78 Å². The minimum Gasteiger partial charge on any atom is -0.382 e. The summed E-state index contributed by atoms with van der Waals surface area (Å²) < 4.78 is 0. The van der Waals surface area contributed by atoms with Gasteiger partial charge in [0.1, 0.15) is 0 Å². The normalized spacial score (nSPS) is 22.3. The van der Waals surface area contributed by atoms with Gasteiger partial charge in [-0.25, -0.2) is 0 Å². The maximum Gasteiger partial charge on any atom is 0.176 e. The summed E-state index contributed by atoms with van der Waals surface area (Å²) in [6, 6.07) is 7.09. The second-order valence-corrected chi connectivity index (χ2v) is 5.91. The molecular formula is C16H22N2O. The summed E-state index contributed by atoms with van der Waals surface area (Å²) in [6.07, 6.45) is 6.06. The number of fused-ring (bicyclic) bond motifs is 1. The Kier molecular flexibility index (Phi) is 3.56. The van der Waals surface area contributed by atoms with Crippen molar-refractivity contribution in [3.05, 3.63) is 29.3 Å². The molecule has 1 saturated carbocycles. The first-order valence-electron chi connectivity index (χ1n) is 7.38. The Morgan fingerprint density at radius 1 is 1.37 bits per heavy atom. The smallest absolute Gasteiger partial charge is 0.176 e. The molecule has 3 heteroatoms. The predicted molar refractivity (Wildman–Crippen MR) is 77.8 cm³/mol. The highest BCUT2D eigenvalue weighted by molar-refractivity contribution is 5.98. The molecule has 102 valence electrons. The number of nitrogens with one attached hydrogen (secondary N) is 2. The molecule has 3 rings (SSSR count). The monoisotopic (exact) mass is 258 g/mol. The largest absolute Gasteiger partial charge is 0.382 e. The zero-order chi connectivity index (χ0) is 13.2. The number of carbonyl (C=O) groups excluding carboxylic acids is 1. The average molecular weight is 258 g/mol. The zero-order valence-electron chi connectivity index (χ0n) is 11.5. The van der Waals surface area contributed by atoms with Crippen LogP contribution in [0.3, 0.4) is 0 Å². The van der Waals surface area contributed by atoms with Crippen LogP contribution >= 0.6 is 0 Å². The third kappa shape index (κ3) is 2.81. The third-order valence-electron chi connectivity index (χ3n) is 4.26. The fourth-order valence-corrected chi connectivity index (χ4v) is 3.19. The topological polar surface area (TPSA) is 41.1 Å². The van der Waals surface area contributed by atoms with Crippen molar-refractivity contribution in [2.45, 2.75) is 51.1 Å². The van der Waals surface area contributed by atoms with Crippen LogP contribution in [0.15, 0.2) is 18.2 Å². The van der Waals surface area contributed by atoms with Crippen LogP contribution in [0.1, 0.15) is 48.5 Å². The number of anilines is 1.